The Morgan fingerprint density at radius 1 is 0.585 bits per heavy atom. The molecule has 0 aliphatic heterocycles. The van der Waals surface area contributed by atoms with E-state index in [9.17, 15) is 0 Å². The molecule has 0 saturated heterocycles. The SMILES string of the molecule is C.CC(C)OP(=S)(OC(C)C)SCCO.CC(C)OP(=S)(OC(C)C)SCCOP(=S)(S)OCCSP(=S)(OC(C)C)OC(C)C.S=PP=S=S=S=S. The second-order valence-electron chi connectivity index (χ2n) is 11.0. The molecule has 0 amide bonds. The van der Waals surface area contributed by atoms with E-state index < -0.39 is 22.8 Å². The van der Waals surface area contributed by atoms with Gasteiger partial charge in [-0.25, -0.2) is 0 Å². The van der Waals surface area contributed by atoms with Crippen LogP contribution in [0.3, 0.4) is 0 Å². The van der Waals surface area contributed by atoms with E-state index >= 15 is 0 Å². The van der Waals surface area contributed by atoms with E-state index in [-0.39, 0.29) is 50.7 Å². The molecule has 0 heterocycles. The van der Waals surface area contributed by atoms with Crippen LogP contribution >= 0.6 is 83.3 Å². The van der Waals surface area contributed by atoms with Crippen LogP contribution in [0.15, 0.2) is 0 Å². The predicted molar refractivity (Wildman–Crippen MR) is 277 cm³/mol. The minimum Gasteiger partial charge on any atom is -0.396 e. The highest BCUT2D eigenvalue weighted by molar-refractivity contribution is 8.68. The predicted octanol–water partition coefficient (Wildman–Crippen LogP) is 12.9. The van der Waals surface area contributed by atoms with Crippen LogP contribution in [0.5, 0.6) is 0 Å². The molecule has 9 nitrogen and oxygen atoms in total. The number of aliphatic hydroxyl groups excluding tert-OH is 1. The number of hydrogen-bond acceptors (Lipinski definition) is 18. The summed E-state index contributed by atoms with van der Waals surface area (Å²) in [6.45, 7) is 24.1. The van der Waals surface area contributed by atoms with E-state index in [1.165, 1.54) is 50.1 Å². The maximum absolute atomic E-state index is 8.74. The quantitative estimate of drug-likeness (QED) is 0.0488. The van der Waals surface area contributed by atoms with Crippen LogP contribution in [0, 0.1) is 0 Å². The molecule has 322 valence electrons. The van der Waals surface area contributed by atoms with Crippen LogP contribution in [0.1, 0.15) is 90.5 Å². The van der Waals surface area contributed by atoms with Crippen LogP contribution in [-0.2, 0) is 134 Å². The van der Waals surface area contributed by atoms with Gasteiger partial charge in [0, 0.05) is 31.3 Å². The Bertz CT molecular complexity index is 1200. The topological polar surface area (TPSA) is 94.1 Å². The van der Waals surface area contributed by atoms with Gasteiger partial charge in [0.15, 0.2) is 0 Å². The van der Waals surface area contributed by atoms with E-state index in [0.29, 0.717) is 30.5 Å². The average Bonchev–Trinajstić information content (AvgIpc) is 2.95. The van der Waals surface area contributed by atoms with Crippen LogP contribution in [-0.4, -0.2) is 78.8 Å². The van der Waals surface area contributed by atoms with Gasteiger partial charge in [-0.2, -0.15) is 0 Å². The highest BCUT2D eigenvalue weighted by atomic mass is 33.3. The van der Waals surface area contributed by atoms with E-state index in [2.05, 4.69) is 35.2 Å². The minimum atomic E-state index is -2.67. The van der Waals surface area contributed by atoms with Crippen molar-refractivity contribution in [3.05, 3.63) is 0 Å². The third kappa shape index (κ3) is 45.2. The van der Waals surface area contributed by atoms with E-state index in [1.807, 2.05) is 83.1 Å². The number of aliphatic hydroxyl groups is 1. The molecule has 0 saturated carbocycles. The summed E-state index contributed by atoms with van der Waals surface area (Å²) in [6.07, 6.45) is 0.0957. The van der Waals surface area contributed by atoms with Gasteiger partial charge in [0.1, 0.15) is 0 Å². The third-order valence-electron chi connectivity index (χ3n) is 3.68. The molecule has 0 aliphatic carbocycles. The standard InChI is InChI=1S/C16H37O6P3S6.C8H19O3PS2.CH4.P2S5/c1-13(2)19-24(28,20-14(3)4)30-11-9-17-23(26,27)18-10-12-31-25(29,21-15(5)6)22-16(7)8;1-7(2)10-12(13,11-8(3)4)14-6-5-9;;3-1-2-5-7-6-4/h13-16H,9-12H2,1-8H3,(H,26,27);7-9H,5-6H2,1-4H3;1H4;. The Morgan fingerprint density at radius 2 is 0.868 bits per heavy atom. The molecule has 53 heavy (non-hydrogen) atoms. The molecular formula is C25H60O9P6S13. The van der Waals surface area contributed by atoms with Gasteiger partial charge in [0.05, 0.1) is 56.4 Å². The normalized spacial score (nSPS) is 12.6. The lowest BCUT2D eigenvalue weighted by Gasteiger charge is -2.26. The van der Waals surface area contributed by atoms with Crippen molar-refractivity contribution in [1.29, 1.82) is 0 Å². The first kappa shape index (κ1) is 65.0. The third-order valence-corrected chi connectivity index (χ3v) is 32.5. The summed E-state index contributed by atoms with van der Waals surface area (Å²) in [6, 6.07) is 0. The first-order valence-corrected chi connectivity index (χ1v) is 40.6. The zero-order valence-electron chi connectivity index (χ0n) is 31.4. The second kappa shape index (κ2) is 37.9. The van der Waals surface area contributed by atoms with E-state index in [1.54, 1.807) is 18.4 Å². The van der Waals surface area contributed by atoms with Crippen molar-refractivity contribution in [2.45, 2.75) is 127 Å². The van der Waals surface area contributed by atoms with Crippen molar-refractivity contribution >= 4 is 181 Å². The lowest BCUT2D eigenvalue weighted by molar-refractivity contribution is 0.185. The Morgan fingerprint density at radius 3 is 1.09 bits per heavy atom. The lowest BCUT2D eigenvalue weighted by Crippen LogP contribution is -2.07. The van der Waals surface area contributed by atoms with Gasteiger partial charge < -0.3 is 41.3 Å². The summed E-state index contributed by atoms with van der Waals surface area (Å²) >= 11 is 39.9. The van der Waals surface area contributed by atoms with Crippen molar-refractivity contribution in [3.8, 4) is 0 Å². The zero-order valence-corrected chi connectivity index (χ0v) is 47.5. The van der Waals surface area contributed by atoms with Crippen molar-refractivity contribution in [1.82, 2.24) is 0 Å². The Balaban J connectivity index is -0.000000448. The number of thiol groups is 1. The minimum absolute atomic E-state index is 0. The largest absolute Gasteiger partial charge is 0.396 e. The first-order valence-electron chi connectivity index (χ1n) is 15.6. The first-order chi connectivity index (χ1) is 23.9. The molecule has 28 heteroatoms. The van der Waals surface area contributed by atoms with E-state index in [0.717, 1.165) is 7.04 Å². The van der Waals surface area contributed by atoms with E-state index in [4.69, 9.17) is 88.5 Å². The molecule has 0 bridgehead atoms. The van der Waals surface area contributed by atoms with Crippen LogP contribution < -0.4 is 0 Å². The van der Waals surface area contributed by atoms with Crippen molar-refractivity contribution in [3.63, 3.8) is 0 Å². The number of rotatable bonds is 26. The van der Waals surface area contributed by atoms with Gasteiger partial charge in [-0.3, -0.25) is 0 Å². The summed E-state index contributed by atoms with van der Waals surface area (Å²) in [4.78, 5) is 0. The van der Waals surface area contributed by atoms with Crippen molar-refractivity contribution in [2.75, 3.05) is 37.1 Å². The molecule has 0 atom stereocenters. The van der Waals surface area contributed by atoms with Crippen molar-refractivity contribution in [2.24, 2.45) is 0 Å². The Kier molecular flexibility index (Phi) is 46.4. The molecule has 0 rings (SSSR count). The summed E-state index contributed by atoms with van der Waals surface area (Å²) in [7, 11) is 6.83. The van der Waals surface area contributed by atoms with Crippen LogP contribution in [0.25, 0.3) is 0 Å². The van der Waals surface area contributed by atoms with Crippen LogP contribution in [0.4, 0.5) is 0 Å². The number of hydrogen-bond donors (Lipinski definition) is 2. The molecule has 0 aliphatic rings. The molecule has 0 radical (unpaired) electrons. The maximum atomic E-state index is 8.74. The average molecular weight is 1110 g/mol. The van der Waals surface area contributed by atoms with Crippen LogP contribution in [0.2, 0.25) is 0 Å². The molecule has 0 aromatic rings. The monoisotopic (exact) mass is 1110 g/mol. The fourth-order valence-corrected chi connectivity index (χ4v) is 30.8. The van der Waals surface area contributed by atoms with Gasteiger partial charge in [-0.1, -0.05) is 53.8 Å². The smallest absolute Gasteiger partial charge is 0.247 e. The molecule has 0 fully saturated rings. The lowest BCUT2D eigenvalue weighted by atomic mass is 10.5. The summed E-state index contributed by atoms with van der Waals surface area (Å²) in [5, 5.41) is 8.74. The van der Waals surface area contributed by atoms with Gasteiger partial charge in [0.2, 0.25) is 22.8 Å². The van der Waals surface area contributed by atoms with Crippen molar-refractivity contribution < 1.29 is 41.3 Å². The zero-order chi connectivity index (χ0) is 41.0. The summed E-state index contributed by atoms with van der Waals surface area (Å²) in [5.74, 6) is 1.73. The van der Waals surface area contributed by atoms with Gasteiger partial charge in [-0.15, -0.1) is 0 Å². The molecular weight excluding hydrogens is 1050 g/mol. The maximum Gasteiger partial charge on any atom is 0.247 e. The summed E-state index contributed by atoms with van der Waals surface area (Å²) in [5.41, 5.74) is -9.81. The molecule has 1 N–H and O–H groups in total. The molecule has 0 aromatic carbocycles. The van der Waals surface area contributed by atoms with Gasteiger partial charge >= 0.3 is 0 Å². The fraction of sp³-hybridized carbons (Fsp3) is 1.00. The molecule has 0 unspecified atom stereocenters. The Labute approximate surface area is 381 Å². The molecule has 0 spiro atoms. The highest BCUT2D eigenvalue weighted by Gasteiger charge is 2.26. The Hall–Kier alpha value is 5.34. The highest BCUT2D eigenvalue weighted by Crippen LogP contribution is 2.64. The summed E-state index contributed by atoms with van der Waals surface area (Å²) < 4.78 is 46.1. The molecule has 0 aromatic heterocycles. The van der Waals surface area contributed by atoms with Gasteiger partial charge in [0.25, 0.3) is 0 Å². The second-order valence-corrected chi connectivity index (χ2v) is 45.0. The fourth-order valence-electron chi connectivity index (χ4n) is 2.64. The van der Waals surface area contributed by atoms with Gasteiger partial charge in [-0.05, 0) is 181 Å².